The zero-order valence-corrected chi connectivity index (χ0v) is 12.3. The van der Waals surface area contributed by atoms with Crippen molar-refractivity contribution in [3.8, 4) is 0 Å². The second-order valence-corrected chi connectivity index (χ2v) is 4.90. The Balaban J connectivity index is 2.25. The van der Waals surface area contributed by atoms with Gasteiger partial charge in [-0.15, -0.1) is 0 Å². The third kappa shape index (κ3) is 3.67. The predicted octanol–water partition coefficient (Wildman–Crippen LogP) is 2.20. The van der Waals surface area contributed by atoms with Crippen molar-refractivity contribution < 1.29 is 14.7 Å². The number of aromatic carboxylic acids is 1. The van der Waals surface area contributed by atoms with Crippen molar-refractivity contribution in [2.24, 2.45) is 0 Å². The maximum atomic E-state index is 12.1. The molecule has 2 N–H and O–H groups in total. The van der Waals surface area contributed by atoms with Crippen molar-refractivity contribution in [1.82, 2.24) is 15.0 Å². The number of aromatic nitrogens is 3. The molecule has 7 nitrogen and oxygen atoms in total. The maximum Gasteiger partial charge on any atom is 0.354 e. The lowest BCUT2D eigenvalue weighted by Crippen LogP contribution is -2.16. The molecule has 9 heteroatoms. The van der Waals surface area contributed by atoms with Gasteiger partial charge in [-0.2, -0.15) is 0 Å². The van der Waals surface area contributed by atoms with Crippen LogP contribution in [0.4, 0.5) is 5.82 Å². The Morgan fingerprint density at radius 2 is 2.10 bits per heavy atom. The number of carbonyl (C=O) groups is 2. The fourth-order valence-corrected chi connectivity index (χ4v) is 1.93. The minimum Gasteiger partial charge on any atom is -0.477 e. The summed E-state index contributed by atoms with van der Waals surface area (Å²) in [4.78, 5) is 34.7. The summed E-state index contributed by atoms with van der Waals surface area (Å²) in [5.74, 6) is -1.68. The maximum absolute atomic E-state index is 12.1. The number of carboxylic acids is 1. The average molecular weight is 325 g/mol. The van der Waals surface area contributed by atoms with E-state index in [1.54, 1.807) is 6.26 Å². The summed E-state index contributed by atoms with van der Waals surface area (Å²) in [5.41, 5.74) is -0.176. The molecule has 1 amide bonds. The molecule has 2 aromatic heterocycles. The molecule has 0 spiro atoms. The lowest BCUT2D eigenvalue weighted by atomic mass is 10.3. The molecule has 0 saturated heterocycles. The van der Waals surface area contributed by atoms with Crippen LogP contribution >= 0.6 is 23.4 Å². The summed E-state index contributed by atoms with van der Waals surface area (Å²) in [6.07, 6.45) is 3.10. The van der Waals surface area contributed by atoms with Crippen molar-refractivity contribution in [3.63, 3.8) is 0 Å². The van der Waals surface area contributed by atoms with Crippen molar-refractivity contribution >= 4 is 41.1 Å². The molecule has 21 heavy (non-hydrogen) atoms. The largest absolute Gasteiger partial charge is 0.477 e. The number of pyridine rings is 1. The molecule has 2 aromatic rings. The zero-order chi connectivity index (χ0) is 15.4. The molecule has 2 rings (SSSR count). The highest BCUT2D eigenvalue weighted by molar-refractivity contribution is 7.98. The molecule has 0 radical (unpaired) electrons. The Bertz CT molecular complexity index is 711. The van der Waals surface area contributed by atoms with Crippen LogP contribution in [0.15, 0.2) is 29.6 Å². The van der Waals surface area contributed by atoms with Gasteiger partial charge in [0.25, 0.3) is 5.91 Å². The molecule has 0 unspecified atom stereocenters. The standard InChI is InChI=1S/C12H9ClN4O3S/c1-21-12-14-5-6(13)9(17-12)10(18)16-8-4-2-3-7(15-8)11(19)20/h2-5H,1H3,(H,19,20)(H,15,16,18). The fraction of sp³-hybridized carbons (Fsp3) is 0.0833. The van der Waals surface area contributed by atoms with Gasteiger partial charge < -0.3 is 10.4 Å². The first-order chi connectivity index (χ1) is 10.0. The summed E-state index contributed by atoms with van der Waals surface area (Å²) < 4.78 is 0. The first-order valence-corrected chi connectivity index (χ1v) is 7.19. The van der Waals surface area contributed by atoms with Crippen LogP contribution in [0.25, 0.3) is 0 Å². The van der Waals surface area contributed by atoms with Gasteiger partial charge >= 0.3 is 5.97 Å². The van der Waals surface area contributed by atoms with Crippen molar-refractivity contribution in [2.45, 2.75) is 5.16 Å². The van der Waals surface area contributed by atoms with E-state index in [1.807, 2.05) is 0 Å². The summed E-state index contributed by atoms with van der Waals surface area (Å²) in [7, 11) is 0. The number of anilines is 1. The number of hydrogen-bond acceptors (Lipinski definition) is 6. The lowest BCUT2D eigenvalue weighted by molar-refractivity contribution is 0.0690. The van der Waals surface area contributed by atoms with Crippen LogP contribution in [-0.2, 0) is 0 Å². The number of carboxylic acid groups (broad SMARTS) is 1. The molecule has 108 valence electrons. The normalized spacial score (nSPS) is 10.2. The highest BCUT2D eigenvalue weighted by Crippen LogP contribution is 2.17. The van der Waals surface area contributed by atoms with E-state index in [-0.39, 0.29) is 22.2 Å². The van der Waals surface area contributed by atoms with Gasteiger partial charge in [-0.05, 0) is 18.4 Å². The van der Waals surface area contributed by atoms with E-state index < -0.39 is 11.9 Å². The van der Waals surface area contributed by atoms with Gasteiger partial charge in [-0.1, -0.05) is 29.4 Å². The van der Waals surface area contributed by atoms with E-state index in [0.717, 1.165) is 0 Å². The molecule has 0 fully saturated rings. The first-order valence-electron chi connectivity index (χ1n) is 5.59. The van der Waals surface area contributed by atoms with Gasteiger partial charge in [0, 0.05) is 0 Å². The molecule has 0 aliphatic heterocycles. The fourth-order valence-electron chi connectivity index (χ4n) is 1.41. The van der Waals surface area contributed by atoms with Crippen molar-refractivity contribution in [2.75, 3.05) is 11.6 Å². The number of halogens is 1. The van der Waals surface area contributed by atoms with Gasteiger partial charge in [0.15, 0.2) is 16.5 Å². The molecule has 0 bridgehead atoms. The van der Waals surface area contributed by atoms with E-state index >= 15 is 0 Å². The Morgan fingerprint density at radius 3 is 2.76 bits per heavy atom. The molecule has 0 atom stereocenters. The van der Waals surface area contributed by atoms with Gasteiger partial charge in [-0.3, -0.25) is 4.79 Å². The average Bonchev–Trinajstić information content (AvgIpc) is 2.48. The van der Waals surface area contributed by atoms with Crippen molar-refractivity contribution in [3.05, 3.63) is 40.8 Å². The minimum absolute atomic E-state index is 0.00135. The Morgan fingerprint density at radius 1 is 1.33 bits per heavy atom. The number of nitrogens with zero attached hydrogens (tertiary/aromatic N) is 3. The van der Waals surface area contributed by atoms with E-state index in [9.17, 15) is 9.59 Å². The molecule has 0 aliphatic rings. The van der Waals surface area contributed by atoms with Crippen LogP contribution in [-0.4, -0.2) is 38.2 Å². The third-order valence-electron chi connectivity index (χ3n) is 2.33. The smallest absolute Gasteiger partial charge is 0.354 e. The molecule has 0 saturated carbocycles. The zero-order valence-electron chi connectivity index (χ0n) is 10.7. The number of amides is 1. The predicted molar refractivity (Wildman–Crippen MR) is 78.0 cm³/mol. The van der Waals surface area contributed by atoms with E-state index in [4.69, 9.17) is 16.7 Å². The Kier molecular flexibility index (Phi) is 4.71. The van der Waals surface area contributed by atoms with Gasteiger partial charge in [0.1, 0.15) is 5.82 Å². The van der Waals surface area contributed by atoms with E-state index in [2.05, 4.69) is 20.3 Å². The van der Waals surface area contributed by atoms with Crippen LogP contribution in [0, 0.1) is 0 Å². The quantitative estimate of drug-likeness (QED) is 0.656. The van der Waals surface area contributed by atoms with Gasteiger partial charge in [0.05, 0.1) is 11.2 Å². The molecular weight excluding hydrogens is 316 g/mol. The monoisotopic (exact) mass is 324 g/mol. The highest BCUT2D eigenvalue weighted by Gasteiger charge is 2.15. The first kappa shape index (κ1) is 15.2. The number of carbonyl (C=O) groups excluding carboxylic acids is 1. The number of thioether (sulfide) groups is 1. The summed E-state index contributed by atoms with van der Waals surface area (Å²) >= 11 is 7.15. The number of rotatable bonds is 4. The highest BCUT2D eigenvalue weighted by atomic mass is 35.5. The summed E-state index contributed by atoms with van der Waals surface area (Å²) in [6, 6.07) is 4.26. The molecule has 0 aliphatic carbocycles. The summed E-state index contributed by atoms with van der Waals surface area (Å²) in [5, 5.41) is 11.8. The Labute approximate surface area is 128 Å². The molecule has 2 heterocycles. The van der Waals surface area contributed by atoms with Crippen LogP contribution in [0.5, 0.6) is 0 Å². The number of nitrogens with one attached hydrogen (secondary N) is 1. The van der Waals surface area contributed by atoms with Crippen LogP contribution in [0.2, 0.25) is 5.02 Å². The lowest BCUT2D eigenvalue weighted by Gasteiger charge is -2.06. The van der Waals surface area contributed by atoms with E-state index in [1.165, 1.54) is 36.2 Å². The topological polar surface area (TPSA) is 105 Å². The van der Waals surface area contributed by atoms with Crippen LogP contribution < -0.4 is 5.32 Å². The summed E-state index contributed by atoms with van der Waals surface area (Å²) in [6.45, 7) is 0. The van der Waals surface area contributed by atoms with E-state index in [0.29, 0.717) is 5.16 Å². The molecule has 0 aromatic carbocycles. The van der Waals surface area contributed by atoms with Crippen molar-refractivity contribution in [1.29, 1.82) is 0 Å². The van der Waals surface area contributed by atoms with Crippen LogP contribution in [0.3, 0.4) is 0 Å². The number of hydrogen-bond donors (Lipinski definition) is 2. The second kappa shape index (κ2) is 6.51. The van der Waals surface area contributed by atoms with Crippen LogP contribution in [0.1, 0.15) is 21.0 Å². The SMILES string of the molecule is CSc1ncc(Cl)c(C(=O)Nc2cccc(C(=O)O)n2)n1. The minimum atomic E-state index is -1.18. The third-order valence-corrected chi connectivity index (χ3v) is 3.17. The Hall–Kier alpha value is -2.19. The second-order valence-electron chi connectivity index (χ2n) is 3.72. The molecular formula is C12H9ClN4O3S. The van der Waals surface area contributed by atoms with Gasteiger partial charge in [0.2, 0.25) is 0 Å². The van der Waals surface area contributed by atoms with Gasteiger partial charge in [-0.25, -0.2) is 19.7 Å².